The monoisotopic (exact) mass is 502 g/mol. The van der Waals surface area contributed by atoms with Gasteiger partial charge in [-0.3, -0.25) is 9.59 Å². The van der Waals surface area contributed by atoms with E-state index < -0.39 is 6.36 Å². The molecule has 0 atom stereocenters. The molecule has 1 rings (SSSR count). The highest BCUT2D eigenvalue weighted by Gasteiger charge is 2.30. The van der Waals surface area contributed by atoms with Crippen LogP contribution in [-0.2, 0) is 25.7 Å². The van der Waals surface area contributed by atoms with Crippen molar-refractivity contribution in [2.75, 3.05) is 6.61 Å². The van der Waals surface area contributed by atoms with E-state index in [-0.39, 0.29) is 24.3 Å². The molecular weight excluding hydrogens is 461 g/mol. The second-order valence-corrected chi connectivity index (χ2v) is 8.82. The molecule has 0 N–H and O–H groups in total. The largest absolute Gasteiger partial charge is 0.573 e. The lowest BCUT2D eigenvalue weighted by atomic mass is 10.1. The number of ether oxygens (including phenoxy) is 3. The van der Waals surface area contributed by atoms with E-state index >= 15 is 0 Å². The van der Waals surface area contributed by atoms with E-state index in [4.69, 9.17) is 9.47 Å². The van der Waals surface area contributed by atoms with Crippen LogP contribution in [-0.4, -0.2) is 24.9 Å². The molecule has 0 bridgehead atoms. The first-order valence-electron chi connectivity index (χ1n) is 13.0. The molecular formula is C27H41F3O5. The Bertz CT molecular complexity index is 689. The molecule has 0 aliphatic carbocycles. The zero-order chi connectivity index (χ0) is 25.8. The van der Waals surface area contributed by atoms with Crippen LogP contribution in [0.5, 0.6) is 5.75 Å². The van der Waals surface area contributed by atoms with Gasteiger partial charge in [-0.1, -0.05) is 83.3 Å². The van der Waals surface area contributed by atoms with Crippen molar-refractivity contribution in [3.05, 3.63) is 29.8 Å². The third-order valence-electron chi connectivity index (χ3n) is 5.58. The van der Waals surface area contributed by atoms with E-state index in [1.54, 1.807) is 0 Å². The lowest BCUT2D eigenvalue weighted by Gasteiger charge is -2.09. The highest BCUT2D eigenvalue weighted by atomic mass is 19.4. The fraction of sp³-hybridized carbons (Fsp3) is 0.704. The zero-order valence-corrected chi connectivity index (χ0v) is 21.0. The maximum Gasteiger partial charge on any atom is 0.573 e. The Morgan fingerprint density at radius 2 is 1.17 bits per heavy atom. The molecule has 0 aliphatic heterocycles. The van der Waals surface area contributed by atoms with Crippen LogP contribution in [0.2, 0.25) is 0 Å². The molecule has 35 heavy (non-hydrogen) atoms. The Labute approximate surface area is 207 Å². The molecule has 1 aromatic rings. The molecule has 5 nitrogen and oxygen atoms in total. The van der Waals surface area contributed by atoms with Crippen molar-refractivity contribution in [2.24, 2.45) is 0 Å². The number of alkyl halides is 3. The maximum atomic E-state index is 12.1. The molecule has 200 valence electrons. The summed E-state index contributed by atoms with van der Waals surface area (Å²) in [6.45, 7) is 2.75. The molecule has 0 aromatic heterocycles. The average Bonchev–Trinajstić information content (AvgIpc) is 2.81. The van der Waals surface area contributed by atoms with E-state index in [0.29, 0.717) is 25.0 Å². The summed E-state index contributed by atoms with van der Waals surface area (Å²) in [7, 11) is 0. The first-order chi connectivity index (χ1) is 16.8. The maximum absolute atomic E-state index is 12.1. The summed E-state index contributed by atoms with van der Waals surface area (Å²) < 4.78 is 50.7. The van der Waals surface area contributed by atoms with Crippen molar-refractivity contribution in [1.82, 2.24) is 0 Å². The molecule has 0 saturated heterocycles. The minimum Gasteiger partial charge on any atom is -0.466 e. The predicted molar refractivity (Wildman–Crippen MR) is 129 cm³/mol. The topological polar surface area (TPSA) is 61.8 Å². The van der Waals surface area contributed by atoms with Crippen molar-refractivity contribution in [3.8, 4) is 5.75 Å². The molecule has 8 heteroatoms. The molecule has 1 aromatic carbocycles. The van der Waals surface area contributed by atoms with Gasteiger partial charge in [0.25, 0.3) is 0 Å². The molecule has 0 fully saturated rings. The fourth-order valence-corrected chi connectivity index (χ4v) is 3.59. The van der Waals surface area contributed by atoms with E-state index in [2.05, 4.69) is 11.7 Å². The molecule has 0 aliphatic rings. The smallest absolute Gasteiger partial charge is 0.466 e. The number of carbonyl (C=O) groups is 2. The lowest BCUT2D eigenvalue weighted by molar-refractivity contribution is -0.274. The number of benzene rings is 1. The van der Waals surface area contributed by atoms with E-state index in [9.17, 15) is 22.8 Å². The van der Waals surface area contributed by atoms with Gasteiger partial charge in [-0.2, -0.15) is 0 Å². The van der Waals surface area contributed by atoms with Crippen LogP contribution >= 0.6 is 0 Å². The summed E-state index contributed by atoms with van der Waals surface area (Å²) in [6, 6.07) is 5.24. The molecule has 0 radical (unpaired) electrons. The van der Waals surface area contributed by atoms with Crippen LogP contribution in [0.3, 0.4) is 0 Å². The van der Waals surface area contributed by atoms with Gasteiger partial charge in [0, 0.05) is 12.8 Å². The quantitative estimate of drug-likeness (QED) is 0.133. The SMILES string of the molecule is CCCCCCCCCOC(=O)CCCCCCCCC(=O)OCc1ccc(OC(F)(F)F)cc1. The van der Waals surface area contributed by atoms with E-state index in [1.807, 2.05) is 0 Å². The van der Waals surface area contributed by atoms with Gasteiger partial charge < -0.3 is 14.2 Å². The van der Waals surface area contributed by atoms with E-state index in [1.165, 1.54) is 56.4 Å². The van der Waals surface area contributed by atoms with Gasteiger partial charge in [-0.15, -0.1) is 13.2 Å². The Kier molecular flexibility index (Phi) is 16.7. The van der Waals surface area contributed by atoms with Crippen molar-refractivity contribution in [2.45, 2.75) is 116 Å². The van der Waals surface area contributed by atoms with Gasteiger partial charge in [-0.25, -0.2) is 0 Å². The minimum absolute atomic E-state index is 0.0141. The van der Waals surface area contributed by atoms with Crippen LogP contribution in [0.25, 0.3) is 0 Å². The number of unbranched alkanes of at least 4 members (excludes halogenated alkanes) is 11. The normalized spacial score (nSPS) is 11.3. The standard InChI is InChI=1S/C27H41F3O5/c1-2-3-4-5-8-11-14-21-33-25(31)15-12-9-6-7-10-13-16-26(32)34-22-23-17-19-24(20-18-23)35-27(28,29)30/h17-20H,2-16,21-22H2,1H3. The molecule has 0 spiro atoms. The number of halogens is 3. The highest BCUT2D eigenvalue weighted by molar-refractivity contribution is 5.69. The van der Waals surface area contributed by atoms with Crippen molar-refractivity contribution in [1.29, 1.82) is 0 Å². The summed E-state index contributed by atoms with van der Waals surface area (Å²) in [5.74, 6) is -0.751. The Morgan fingerprint density at radius 3 is 1.71 bits per heavy atom. The Morgan fingerprint density at radius 1 is 0.686 bits per heavy atom. The summed E-state index contributed by atoms with van der Waals surface area (Å²) >= 11 is 0. The first kappa shape index (κ1) is 30.8. The van der Waals surface area contributed by atoms with Crippen LogP contribution in [0.15, 0.2) is 24.3 Å². The minimum atomic E-state index is -4.73. The number of hydrogen-bond donors (Lipinski definition) is 0. The lowest BCUT2D eigenvalue weighted by Crippen LogP contribution is -2.17. The van der Waals surface area contributed by atoms with Crippen molar-refractivity contribution < 1.29 is 37.0 Å². The van der Waals surface area contributed by atoms with Gasteiger partial charge in [0.05, 0.1) is 6.61 Å². The fourth-order valence-electron chi connectivity index (χ4n) is 3.59. The van der Waals surface area contributed by atoms with Crippen molar-refractivity contribution in [3.63, 3.8) is 0 Å². The first-order valence-corrected chi connectivity index (χ1v) is 13.0. The van der Waals surface area contributed by atoms with Crippen LogP contribution in [0.4, 0.5) is 13.2 Å². The number of rotatable bonds is 20. The van der Waals surface area contributed by atoms with Gasteiger partial charge >= 0.3 is 18.3 Å². The van der Waals surface area contributed by atoms with Gasteiger partial charge in [0.1, 0.15) is 12.4 Å². The van der Waals surface area contributed by atoms with Crippen LogP contribution in [0.1, 0.15) is 109 Å². The molecule has 0 amide bonds. The van der Waals surface area contributed by atoms with Crippen LogP contribution in [0, 0.1) is 0 Å². The second-order valence-electron chi connectivity index (χ2n) is 8.82. The summed E-state index contributed by atoms with van der Waals surface area (Å²) in [5, 5.41) is 0. The Hall–Kier alpha value is -2.25. The van der Waals surface area contributed by atoms with Gasteiger partial charge in [0.15, 0.2) is 0 Å². The van der Waals surface area contributed by atoms with Gasteiger partial charge in [-0.05, 0) is 37.0 Å². The third kappa shape index (κ3) is 18.7. The highest BCUT2D eigenvalue weighted by Crippen LogP contribution is 2.23. The second kappa shape index (κ2) is 19.0. The summed E-state index contributed by atoms with van der Waals surface area (Å²) in [4.78, 5) is 23.6. The average molecular weight is 503 g/mol. The number of hydrogen-bond acceptors (Lipinski definition) is 5. The third-order valence-corrected chi connectivity index (χ3v) is 5.58. The van der Waals surface area contributed by atoms with E-state index in [0.717, 1.165) is 51.4 Å². The number of carbonyl (C=O) groups excluding carboxylic acids is 2. The Balaban J connectivity index is 1.93. The van der Waals surface area contributed by atoms with Crippen LogP contribution < -0.4 is 4.74 Å². The van der Waals surface area contributed by atoms with Gasteiger partial charge in [0.2, 0.25) is 0 Å². The molecule has 0 unspecified atom stereocenters. The predicted octanol–water partition coefficient (Wildman–Crippen LogP) is 8.04. The summed E-state index contributed by atoms with van der Waals surface area (Å²) in [5.41, 5.74) is 0.591. The zero-order valence-electron chi connectivity index (χ0n) is 21.0. The molecule has 0 heterocycles. The van der Waals surface area contributed by atoms with Crippen molar-refractivity contribution >= 4 is 11.9 Å². The molecule has 0 saturated carbocycles. The number of esters is 2. The summed E-state index contributed by atoms with van der Waals surface area (Å²) in [6.07, 6.45) is 9.85.